The van der Waals surface area contributed by atoms with Crippen LogP contribution in [0.15, 0.2) is 24.3 Å². The van der Waals surface area contributed by atoms with Gasteiger partial charge in [0, 0.05) is 12.3 Å². The van der Waals surface area contributed by atoms with Crippen molar-refractivity contribution >= 4 is 27.5 Å². The number of anilines is 2. The number of nitrogens with one attached hydrogen (secondary N) is 2. The van der Waals surface area contributed by atoms with Crippen LogP contribution >= 0.6 is 0 Å². The first-order valence-electron chi connectivity index (χ1n) is 5.69. The molecule has 1 amide bonds. The summed E-state index contributed by atoms with van der Waals surface area (Å²) < 4.78 is 28.9. The topological polar surface area (TPSA) is 111 Å². The third-order valence-corrected chi connectivity index (χ3v) is 2.60. The Balaban J connectivity index is 2.59. The summed E-state index contributed by atoms with van der Waals surface area (Å²) in [6.45, 7) is 2.75. The Kier molecular flexibility index (Phi) is 5.74. The molecule has 0 saturated heterocycles. The highest BCUT2D eigenvalue weighted by Gasteiger charge is 2.05. The van der Waals surface area contributed by atoms with Crippen molar-refractivity contribution in [2.75, 3.05) is 23.3 Å². The summed E-state index contributed by atoms with van der Waals surface area (Å²) in [5.41, 5.74) is 0.764. The molecule has 0 aliphatic rings. The van der Waals surface area contributed by atoms with E-state index in [1.54, 1.807) is 12.1 Å². The van der Waals surface area contributed by atoms with Crippen LogP contribution in [0.2, 0.25) is 0 Å². The summed E-state index contributed by atoms with van der Waals surface area (Å²) >= 11 is 0. The molecule has 0 atom stereocenters. The Labute approximate surface area is 112 Å². The molecule has 0 aliphatic carbocycles. The molecule has 0 bridgehead atoms. The number of rotatable bonds is 7. The smallest absolute Gasteiger partial charge is 0.296 e. The largest absolute Gasteiger partial charge is 0.381 e. The van der Waals surface area contributed by atoms with Crippen LogP contribution in [0, 0.1) is 0 Å². The molecule has 0 aliphatic heterocycles. The molecule has 8 heteroatoms. The lowest BCUT2D eigenvalue weighted by molar-refractivity contribution is -0.117. The Hall–Kier alpha value is -1.64. The van der Waals surface area contributed by atoms with Crippen LogP contribution in [-0.2, 0) is 19.7 Å². The molecule has 1 aromatic rings. The lowest BCUT2D eigenvalue weighted by Gasteiger charge is -2.08. The molecule has 0 fully saturated rings. The summed E-state index contributed by atoms with van der Waals surface area (Å²) in [6.07, 6.45) is 0.237. The van der Waals surface area contributed by atoms with Gasteiger partial charge in [-0.05, 0) is 25.1 Å². The van der Waals surface area contributed by atoms with Gasteiger partial charge in [-0.15, -0.1) is 0 Å². The predicted octanol–water partition coefficient (Wildman–Crippen LogP) is 0.667. The molecular formula is C11H17N3O4S. The third-order valence-electron chi connectivity index (χ3n) is 2.08. The van der Waals surface area contributed by atoms with E-state index >= 15 is 0 Å². The summed E-state index contributed by atoms with van der Waals surface area (Å²) in [4.78, 5) is 11.5. The molecule has 1 aromatic carbocycles. The number of carbonyl (C=O) groups is 1. The fraction of sp³-hybridized carbons (Fsp3) is 0.364. The van der Waals surface area contributed by atoms with Gasteiger partial charge in [0.15, 0.2) is 0 Å². The van der Waals surface area contributed by atoms with E-state index in [0.29, 0.717) is 18.9 Å². The lowest BCUT2D eigenvalue weighted by atomic mass is 10.3. The first kappa shape index (κ1) is 15.4. The van der Waals surface area contributed by atoms with Crippen molar-refractivity contribution in [1.82, 2.24) is 0 Å². The quantitative estimate of drug-likeness (QED) is 0.640. The number of nitrogens with two attached hydrogens (primary N) is 1. The van der Waals surface area contributed by atoms with E-state index in [1.165, 1.54) is 12.1 Å². The molecule has 0 aromatic heterocycles. The van der Waals surface area contributed by atoms with Gasteiger partial charge in [-0.25, -0.2) is 5.14 Å². The van der Waals surface area contributed by atoms with Crippen molar-refractivity contribution in [2.24, 2.45) is 5.14 Å². The fourth-order valence-corrected chi connectivity index (χ4v) is 1.81. The number of hydrogen-bond acceptors (Lipinski definition) is 4. The molecule has 0 saturated carbocycles. The summed E-state index contributed by atoms with van der Waals surface area (Å²) in [6, 6.07) is 6.25. The van der Waals surface area contributed by atoms with E-state index in [1.807, 2.05) is 6.92 Å². The van der Waals surface area contributed by atoms with Crippen molar-refractivity contribution < 1.29 is 17.9 Å². The van der Waals surface area contributed by atoms with Crippen LogP contribution in [0.3, 0.4) is 0 Å². The van der Waals surface area contributed by atoms with E-state index in [2.05, 4.69) is 10.0 Å². The van der Waals surface area contributed by atoms with Crippen molar-refractivity contribution in [3.8, 4) is 0 Å². The molecule has 0 unspecified atom stereocenters. The van der Waals surface area contributed by atoms with E-state index < -0.39 is 10.2 Å². The predicted molar refractivity (Wildman–Crippen MR) is 72.9 cm³/mol. The lowest BCUT2D eigenvalue weighted by Crippen LogP contribution is -2.21. The van der Waals surface area contributed by atoms with Gasteiger partial charge in [0.1, 0.15) is 0 Å². The SMILES string of the molecule is CCOCCC(=O)Nc1cccc(NS(N)(=O)=O)c1. The number of ether oxygens (including phenoxy) is 1. The number of amides is 1. The number of hydrogen-bond donors (Lipinski definition) is 3. The minimum atomic E-state index is -3.82. The maximum atomic E-state index is 11.5. The van der Waals surface area contributed by atoms with E-state index in [9.17, 15) is 13.2 Å². The Bertz CT molecular complexity index is 530. The van der Waals surface area contributed by atoms with Crippen molar-refractivity contribution in [3.05, 3.63) is 24.3 Å². The normalized spacial score (nSPS) is 11.1. The Morgan fingerprint density at radius 2 is 2.05 bits per heavy atom. The zero-order valence-corrected chi connectivity index (χ0v) is 11.4. The highest BCUT2D eigenvalue weighted by molar-refractivity contribution is 7.90. The van der Waals surface area contributed by atoms with E-state index in [-0.39, 0.29) is 18.0 Å². The maximum Gasteiger partial charge on any atom is 0.296 e. The second-order valence-electron chi connectivity index (χ2n) is 3.72. The fourth-order valence-electron chi connectivity index (χ4n) is 1.36. The van der Waals surface area contributed by atoms with Gasteiger partial charge in [0.2, 0.25) is 5.91 Å². The number of carbonyl (C=O) groups excluding carboxylic acids is 1. The average Bonchev–Trinajstić information content (AvgIpc) is 2.27. The average molecular weight is 287 g/mol. The van der Waals surface area contributed by atoms with Gasteiger partial charge in [-0.1, -0.05) is 6.07 Å². The molecular weight excluding hydrogens is 270 g/mol. The zero-order chi connectivity index (χ0) is 14.3. The van der Waals surface area contributed by atoms with Crippen LogP contribution in [-0.4, -0.2) is 27.5 Å². The third kappa shape index (κ3) is 6.75. The van der Waals surface area contributed by atoms with Crippen LogP contribution < -0.4 is 15.2 Å². The molecule has 0 spiro atoms. The van der Waals surface area contributed by atoms with Gasteiger partial charge in [0.25, 0.3) is 10.2 Å². The summed E-state index contributed by atoms with van der Waals surface area (Å²) in [5, 5.41) is 7.49. The van der Waals surface area contributed by atoms with Gasteiger partial charge >= 0.3 is 0 Å². The minimum Gasteiger partial charge on any atom is -0.381 e. The Morgan fingerprint density at radius 3 is 2.68 bits per heavy atom. The minimum absolute atomic E-state index is 0.207. The highest BCUT2D eigenvalue weighted by Crippen LogP contribution is 2.15. The first-order chi connectivity index (χ1) is 8.90. The van der Waals surface area contributed by atoms with Gasteiger partial charge in [0.05, 0.1) is 18.7 Å². The molecule has 106 valence electrons. The van der Waals surface area contributed by atoms with Crippen LogP contribution in [0.4, 0.5) is 11.4 Å². The maximum absolute atomic E-state index is 11.5. The zero-order valence-electron chi connectivity index (χ0n) is 10.5. The molecule has 4 N–H and O–H groups in total. The molecule has 1 rings (SSSR count). The molecule has 0 radical (unpaired) electrons. The highest BCUT2D eigenvalue weighted by atomic mass is 32.2. The summed E-state index contributed by atoms with van der Waals surface area (Å²) in [5.74, 6) is -0.207. The van der Waals surface area contributed by atoms with Crippen molar-refractivity contribution in [1.29, 1.82) is 0 Å². The standard InChI is InChI=1S/C11H17N3O4S/c1-2-18-7-6-11(15)13-9-4-3-5-10(8-9)14-19(12,16)17/h3-5,8,14H,2,6-7H2,1H3,(H,13,15)(H2,12,16,17). The second kappa shape index (κ2) is 7.07. The Morgan fingerprint density at radius 1 is 1.37 bits per heavy atom. The van der Waals surface area contributed by atoms with Gasteiger partial charge in [-0.2, -0.15) is 8.42 Å². The second-order valence-corrected chi connectivity index (χ2v) is 5.02. The van der Waals surface area contributed by atoms with E-state index in [0.717, 1.165) is 0 Å². The molecule has 19 heavy (non-hydrogen) atoms. The van der Waals surface area contributed by atoms with Crippen molar-refractivity contribution in [2.45, 2.75) is 13.3 Å². The van der Waals surface area contributed by atoms with Crippen molar-refractivity contribution in [3.63, 3.8) is 0 Å². The molecule has 7 nitrogen and oxygen atoms in total. The monoisotopic (exact) mass is 287 g/mol. The van der Waals surface area contributed by atoms with Crippen LogP contribution in [0.5, 0.6) is 0 Å². The van der Waals surface area contributed by atoms with Gasteiger partial charge in [-0.3, -0.25) is 9.52 Å². The first-order valence-corrected chi connectivity index (χ1v) is 7.23. The summed E-state index contributed by atoms with van der Waals surface area (Å²) in [7, 11) is -3.82. The van der Waals surface area contributed by atoms with E-state index in [4.69, 9.17) is 9.88 Å². The molecule has 0 heterocycles. The van der Waals surface area contributed by atoms with Crippen LogP contribution in [0.25, 0.3) is 0 Å². The van der Waals surface area contributed by atoms with Crippen LogP contribution in [0.1, 0.15) is 13.3 Å². The number of benzene rings is 1. The van der Waals surface area contributed by atoms with Gasteiger partial charge < -0.3 is 10.1 Å².